The number of rotatable bonds is 7. The van der Waals surface area contributed by atoms with Crippen molar-refractivity contribution in [1.29, 1.82) is 0 Å². The van der Waals surface area contributed by atoms with Gasteiger partial charge in [-0.1, -0.05) is 17.7 Å². The fraction of sp³-hybridized carbons (Fsp3) is 0.519. The van der Waals surface area contributed by atoms with E-state index in [-0.39, 0.29) is 17.7 Å². The van der Waals surface area contributed by atoms with E-state index in [1.54, 1.807) is 19.3 Å². The van der Waals surface area contributed by atoms with Gasteiger partial charge in [-0.15, -0.1) is 0 Å². The van der Waals surface area contributed by atoms with Gasteiger partial charge in [-0.05, 0) is 50.1 Å². The van der Waals surface area contributed by atoms with Crippen LogP contribution < -0.4 is 9.80 Å². The highest BCUT2D eigenvalue weighted by atomic mass is 35.5. The molecule has 3 heterocycles. The largest absolute Gasteiger partial charge is 0.490 e. The second-order valence-electron chi connectivity index (χ2n) is 9.78. The number of carboxylic acids is 1. The van der Waals surface area contributed by atoms with Crippen molar-refractivity contribution in [3.05, 3.63) is 47.7 Å². The van der Waals surface area contributed by atoms with Crippen molar-refractivity contribution in [1.82, 2.24) is 19.8 Å². The van der Waals surface area contributed by atoms with Crippen LogP contribution in [0.15, 0.2) is 42.7 Å². The zero-order chi connectivity index (χ0) is 30.0. The van der Waals surface area contributed by atoms with Crippen molar-refractivity contribution in [2.45, 2.75) is 32.4 Å². The number of amides is 2. The number of hydrogen-bond acceptors (Lipinski definition) is 7. The summed E-state index contributed by atoms with van der Waals surface area (Å²) in [6.45, 7) is 8.15. The summed E-state index contributed by atoms with van der Waals surface area (Å²) in [7, 11) is 0. The van der Waals surface area contributed by atoms with E-state index in [9.17, 15) is 22.8 Å². The van der Waals surface area contributed by atoms with Crippen LogP contribution >= 0.6 is 11.6 Å². The third-order valence-corrected chi connectivity index (χ3v) is 7.22. The van der Waals surface area contributed by atoms with Crippen LogP contribution in [0, 0.1) is 5.92 Å². The summed E-state index contributed by atoms with van der Waals surface area (Å²) < 4.78 is 31.7. The molecular weight excluding hydrogens is 565 g/mol. The van der Waals surface area contributed by atoms with E-state index >= 15 is 0 Å². The minimum atomic E-state index is -5.08. The second kappa shape index (κ2) is 15.0. The number of anilines is 2. The summed E-state index contributed by atoms with van der Waals surface area (Å²) in [5, 5.41) is 7.75. The van der Waals surface area contributed by atoms with Crippen molar-refractivity contribution in [2.24, 2.45) is 5.92 Å². The molecule has 1 N–H and O–H groups in total. The number of benzene rings is 1. The molecule has 0 unspecified atom stereocenters. The van der Waals surface area contributed by atoms with Gasteiger partial charge in [0.2, 0.25) is 17.8 Å². The number of likely N-dealkylation sites (tertiary alicyclic amines) is 1. The zero-order valence-electron chi connectivity index (χ0n) is 22.8. The van der Waals surface area contributed by atoms with Gasteiger partial charge in [0.1, 0.15) is 0 Å². The van der Waals surface area contributed by atoms with E-state index < -0.39 is 12.1 Å². The zero-order valence-corrected chi connectivity index (χ0v) is 23.5. The summed E-state index contributed by atoms with van der Waals surface area (Å²) in [4.78, 5) is 51.1. The van der Waals surface area contributed by atoms with Crippen molar-refractivity contribution >= 4 is 41.0 Å². The molecule has 4 rings (SSSR count). The first-order valence-corrected chi connectivity index (χ1v) is 13.7. The number of carbonyl (C=O) groups is 3. The highest BCUT2D eigenvalue weighted by Gasteiger charge is 2.38. The fourth-order valence-electron chi connectivity index (χ4n) is 4.75. The Morgan fingerprint density at radius 2 is 1.63 bits per heavy atom. The molecule has 2 saturated heterocycles. The molecule has 2 aliphatic heterocycles. The standard InChI is InChI=1S/C25H33ClN6O2.C2HF3O2/c1-20(33)30-13-7-21(8-14-30)24(34)32(23-6-2-5-22(26)19-23)12-4-11-29-15-17-31(18-16-29)25-27-9-3-10-28-25;3-2(4,5)1(6)7/h2-3,5-6,9-10,19,21H,4,7-8,11-18H2,1H3;(H,6,7). The predicted molar refractivity (Wildman–Crippen MR) is 148 cm³/mol. The Labute approximate surface area is 241 Å². The number of piperazine rings is 1. The smallest absolute Gasteiger partial charge is 0.475 e. The molecule has 0 radical (unpaired) electrons. The number of aliphatic carboxylic acids is 1. The van der Waals surface area contributed by atoms with Crippen LogP contribution in [-0.2, 0) is 14.4 Å². The van der Waals surface area contributed by atoms with Crippen LogP contribution in [0.25, 0.3) is 0 Å². The lowest BCUT2D eigenvalue weighted by molar-refractivity contribution is -0.192. The molecule has 14 heteroatoms. The Morgan fingerprint density at radius 1 is 1.02 bits per heavy atom. The third kappa shape index (κ3) is 9.85. The molecule has 224 valence electrons. The maximum Gasteiger partial charge on any atom is 0.490 e. The Morgan fingerprint density at radius 3 is 2.17 bits per heavy atom. The normalized spacial score (nSPS) is 16.5. The molecule has 0 aliphatic carbocycles. The summed E-state index contributed by atoms with van der Waals surface area (Å²) in [5.74, 6) is -1.82. The molecule has 0 saturated carbocycles. The minimum absolute atomic E-state index is 0.0657. The number of carbonyl (C=O) groups excluding carboxylic acids is 2. The number of piperidine rings is 1. The van der Waals surface area contributed by atoms with Gasteiger partial charge in [-0.25, -0.2) is 14.8 Å². The Hall–Kier alpha value is -3.45. The molecule has 0 bridgehead atoms. The molecule has 0 atom stereocenters. The van der Waals surface area contributed by atoms with Gasteiger partial charge in [0.25, 0.3) is 0 Å². The van der Waals surface area contributed by atoms with E-state index in [0.29, 0.717) is 37.5 Å². The van der Waals surface area contributed by atoms with Gasteiger partial charge in [-0.2, -0.15) is 13.2 Å². The summed E-state index contributed by atoms with van der Waals surface area (Å²) in [6, 6.07) is 9.37. The van der Waals surface area contributed by atoms with Crippen LogP contribution in [0.2, 0.25) is 5.02 Å². The van der Waals surface area contributed by atoms with Gasteiger partial charge in [-0.3, -0.25) is 14.5 Å². The Balaban J connectivity index is 0.000000587. The molecule has 0 spiro atoms. The van der Waals surface area contributed by atoms with Gasteiger partial charge in [0, 0.05) is 81.8 Å². The van der Waals surface area contributed by atoms with E-state index in [0.717, 1.165) is 50.8 Å². The molecule has 10 nitrogen and oxygen atoms in total. The van der Waals surface area contributed by atoms with E-state index in [2.05, 4.69) is 19.8 Å². The summed E-state index contributed by atoms with van der Waals surface area (Å²) >= 11 is 6.25. The minimum Gasteiger partial charge on any atom is -0.475 e. The Kier molecular flexibility index (Phi) is 11.7. The first-order chi connectivity index (χ1) is 19.5. The van der Waals surface area contributed by atoms with E-state index in [4.69, 9.17) is 21.5 Å². The highest BCUT2D eigenvalue weighted by molar-refractivity contribution is 6.30. The van der Waals surface area contributed by atoms with Crippen molar-refractivity contribution in [3.63, 3.8) is 0 Å². The topological polar surface area (TPSA) is 110 Å². The summed E-state index contributed by atoms with van der Waals surface area (Å²) in [6.07, 6.45) is 0.768. The van der Waals surface area contributed by atoms with Crippen molar-refractivity contribution in [3.8, 4) is 0 Å². The number of hydrogen-bond donors (Lipinski definition) is 1. The van der Waals surface area contributed by atoms with Crippen LogP contribution in [0.1, 0.15) is 26.2 Å². The van der Waals surface area contributed by atoms with Crippen molar-refractivity contribution < 1.29 is 32.7 Å². The van der Waals surface area contributed by atoms with Gasteiger partial charge in [0.15, 0.2) is 0 Å². The average Bonchev–Trinajstić information content (AvgIpc) is 2.96. The molecule has 41 heavy (non-hydrogen) atoms. The Bertz CT molecular complexity index is 1160. The second-order valence-corrected chi connectivity index (χ2v) is 10.2. The molecule has 2 aromatic rings. The lowest BCUT2D eigenvalue weighted by Gasteiger charge is -2.36. The van der Waals surface area contributed by atoms with Gasteiger partial charge in [0.05, 0.1) is 0 Å². The van der Waals surface area contributed by atoms with Gasteiger partial charge < -0.3 is 19.8 Å². The van der Waals surface area contributed by atoms with E-state index in [1.807, 2.05) is 40.1 Å². The van der Waals surface area contributed by atoms with Gasteiger partial charge >= 0.3 is 12.1 Å². The maximum absolute atomic E-state index is 13.5. The number of nitrogens with zero attached hydrogens (tertiary/aromatic N) is 6. The quantitative estimate of drug-likeness (QED) is 0.515. The molecule has 1 aromatic heterocycles. The lowest BCUT2D eigenvalue weighted by atomic mass is 9.94. The average molecular weight is 599 g/mol. The monoisotopic (exact) mass is 598 g/mol. The first kappa shape index (κ1) is 32.1. The SMILES string of the molecule is CC(=O)N1CCC(C(=O)N(CCCN2CCN(c3ncccn3)CC2)c2cccc(Cl)c2)CC1.O=C(O)C(F)(F)F. The molecule has 1 aromatic carbocycles. The fourth-order valence-corrected chi connectivity index (χ4v) is 4.94. The van der Waals surface area contributed by atoms with Crippen LogP contribution in [-0.4, -0.2) is 101 Å². The highest BCUT2D eigenvalue weighted by Crippen LogP contribution is 2.26. The van der Waals surface area contributed by atoms with Crippen molar-refractivity contribution in [2.75, 3.05) is 62.2 Å². The summed E-state index contributed by atoms with van der Waals surface area (Å²) in [5.41, 5.74) is 0.845. The number of carboxylic acid groups (broad SMARTS) is 1. The number of halogens is 4. The van der Waals surface area contributed by atoms with E-state index in [1.165, 1.54) is 0 Å². The molecular formula is C27H34ClF3N6O4. The third-order valence-electron chi connectivity index (χ3n) is 6.98. The van der Waals surface area contributed by atoms with Crippen LogP contribution in [0.5, 0.6) is 0 Å². The molecule has 2 aliphatic rings. The predicted octanol–water partition coefficient (Wildman–Crippen LogP) is 3.57. The first-order valence-electron chi connectivity index (χ1n) is 13.3. The lowest BCUT2D eigenvalue weighted by Crippen LogP contribution is -2.48. The molecule has 2 fully saturated rings. The van der Waals surface area contributed by atoms with Crippen LogP contribution in [0.3, 0.4) is 0 Å². The molecule has 2 amide bonds. The van der Waals surface area contributed by atoms with Crippen LogP contribution in [0.4, 0.5) is 24.8 Å². The maximum atomic E-state index is 13.5. The number of aromatic nitrogens is 2. The number of alkyl halides is 3.